The van der Waals surface area contributed by atoms with E-state index < -0.39 is 4.92 Å². The highest BCUT2D eigenvalue weighted by atomic mass is 35.5. The normalized spacial score (nSPS) is 10.6. The van der Waals surface area contributed by atoms with Gasteiger partial charge in [-0.25, -0.2) is 0 Å². The molecule has 0 fully saturated rings. The van der Waals surface area contributed by atoms with Gasteiger partial charge in [0.25, 0.3) is 5.69 Å². The lowest BCUT2D eigenvalue weighted by Crippen LogP contribution is -2.00. The maximum Gasteiger partial charge on any atom is 0.292 e. The second-order valence-electron chi connectivity index (χ2n) is 5.17. The van der Waals surface area contributed by atoms with Crippen LogP contribution in [-0.2, 0) is 0 Å². The number of nitro groups is 1. The average molecular weight is 377 g/mol. The Morgan fingerprint density at radius 3 is 2.46 bits per heavy atom. The summed E-state index contributed by atoms with van der Waals surface area (Å²) in [5.74, 6) is 0.353. The zero-order valence-corrected chi connectivity index (χ0v) is 15.2. The van der Waals surface area contributed by atoms with Crippen molar-refractivity contribution in [3.8, 4) is 11.5 Å². The third-order valence-corrected chi connectivity index (χ3v) is 3.95. The van der Waals surface area contributed by atoms with Crippen molar-refractivity contribution in [3.63, 3.8) is 0 Å². The number of anilines is 1. The Kier molecular flexibility index (Phi) is 6.19. The van der Waals surface area contributed by atoms with Gasteiger partial charge in [-0.2, -0.15) is 0 Å². The van der Waals surface area contributed by atoms with E-state index in [1.165, 1.54) is 44.6 Å². The van der Waals surface area contributed by atoms with Gasteiger partial charge in [-0.05, 0) is 23.8 Å². The Balaban J connectivity index is 2.34. The van der Waals surface area contributed by atoms with Gasteiger partial charge in [0, 0.05) is 19.2 Å². The lowest BCUT2D eigenvalue weighted by molar-refractivity contribution is -0.383. The molecule has 7 nitrogen and oxygen atoms in total. The Bertz CT molecular complexity index is 880. The van der Waals surface area contributed by atoms with Crippen molar-refractivity contribution in [1.82, 2.24) is 0 Å². The number of methoxy groups -OCH3 is 2. The fourth-order valence-electron chi connectivity index (χ4n) is 2.33. The molecule has 0 saturated heterocycles. The van der Waals surface area contributed by atoms with Gasteiger partial charge in [0.05, 0.1) is 29.7 Å². The van der Waals surface area contributed by atoms with E-state index in [0.717, 1.165) is 0 Å². The van der Waals surface area contributed by atoms with E-state index in [1.807, 2.05) is 0 Å². The largest absolute Gasteiger partial charge is 0.496 e. The first kappa shape index (κ1) is 19.3. The SMILES string of the molecule is CNc1ccc(/C=C/C(=O)c2cc(Cl)c(OC)cc2OC)cc1[N+](=O)[O-]. The molecule has 0 aliphatic heterocycles. The summed E-state index contributed by atoms with van der Waals surface area (Å²) in [6.07, 6.45) is 2.80. The van der Waals surface area contributed by atoms with Gasteiger partial charge < -0.3 is 14.8 Å². The summed E-state index contributed by atoms with van der Waals surface area (Å²) in [6, 6.07) is 7.61. The molecule has 0 spiro atoms. The summed E-state index contributed by atoms with van der Waals surface area (Å²) in [4.78, 5) is 23.1. The van der Waals surface area contributed by atoms with Gasteiger partial charge in [-0.1, -0.05) is 23.7 Å². The zero-order chi connectivity index (χ0) is 19.3. The van der Waals surface area contributed by atoms with Crippen molar-refractivity contribution >= 4 is 34.8 Å². The van der Waals surface area contributed by atoms with Crippen LogP contribution in [0, 0.1) is 10.1 Å². The Hall–Kier alpha value is -3.06. The van der Waals surface area contributed by atoms with Gasteiger partial charge in [-0.3, -0.25) is 14.9 Å². The van der Waals surface area contributed by atoms with E-state index in [1.54, 1.807) is 19.2 Å². The smallest absolute Gasteiger partial charge is 0.292 e. The molecule has 0 atom stereocenters. The lowest BCUT2D eigenvalue weighted by Gasteiger charge is -2.10. The minimum absolute atomic E-state index is 0.0767. The highest BCUT2D eigenvalue weighted by Gasteiger charge is 2.15. The van der Waals surface area contributed by atoms with Crippen molar-refractivity contribution in [3.05, 3.63) is 62.7 Å². The summed E-state index contributed by atoms with van der Waals surface area (Å²) in [5.41, 5.74) is 1.09. The maximum atomic E-state index is 12.5. The van der Waals surface area contributed by atoms with Gasteiger partial charge in [0.2, 0.25) is 0 Å². The summed E-state index contributed by atoms with van der Waals surface area (Å²) in [7, 11) is 4.49. The molecule has 0 aliphatic carbocycles. The third-order valence-electron chi connectivity index (χ3n) is 3.65. The van der Waals surface area contributed by atoms with Crippen molar-refractivity contribution in [2.75, 3.05) is 26.6 Å². The number of nitrogens with zero attached hydrogens (tertiary/aromatic N) is 1. The van der Waals surface area contributed by atoms with E-state index >= 15 is 0 Å². The van der Waals surface area contributed by atoms with E-state index in [4.69, 9.17) is 21.1 Å². The quantitative estimate of drug-likeness (QED) is 0.337. The number of hydrogen-bond acceptors (Lipinski definition) is 6. The zero-order valence-electron chi connectivity index (χ0n) is 14.4. The molecule has 0 aromatic heterocycles. The Morgan fingerprint density at radius 2 is 1.88 bits per heavy atom. The van der Waals surface area contributed by atoms with Crippen LogP contribution >= 0.6 is 11.6 Å². The Labute approximate surface area is 155 Å². The molecule has 0 amide bonds. The van der Waals surface area contributed by atoms with Crippen LogP contribution in [-0.4, -0.2) is 32.0 Å². The van der Waals surface area contributed by atoms with Crippen molar-refractivity contribution in [1.29, 1.82) is 0 Å². The first-order valence-corrected chi connectivity index (χ1v) is 7.89. The van der Waals surface area contributed by atoms with Gasteiger partial charge in [0.1, 0.15) is 17.2 Å². The maximum absolute atomic E-state index is 12.5. The number of rotatable bonds is 7. The van der Waals surface area contributed by atoms with E-state index in [-0.39, 0.29) is 22.1 Å². The van der Waals surface area contributed by atoms with E-state index in [9.17, 15) is 14.9 Å². The van der Waals surface area contributed by atoms with Crippen LogP contribution in [0.15, 0.2) is 36.4 Å². The molecule has 0 radical (unpaired) electrons. The molecule has 1 N–H and O–H groups in total. The standard InChI is InChI=1S/C18H17ClN2O5/c1-20-14-6-4-11(8-15(14)21(23)24)5-7-16(22)12-9-13(19)18(26-3)10-17(12)25-2/h4-10,20H,1-3H3/b7-5+. The fraction of sp³-hybridized carbons (Fsp3) is 0.167. The van der Waals surface area contributed by atoms with E-state index in [2.05, 4.69) is 5.32 Å². The highest BCUT2D eigenvalue weighted by molar-refractivity contribution is 6.32. The molecular formula is C18H17ClN2O5. The number of ketones is 1. The van der Waals surface area contributed by atoms with Crippen LogP contribution in [0.3, 0.4) is 0 Å². The molecule has 2 aromatic rings. The van der Waals surface area contributed by atoms with Crippen molar-refractivity contribution < 1.29 is 19.2 Å². The number of nitro benzene ring substituents is 1. The monoisotopic (exact) mass is 376 g/mol. The van der Waals surface area contributed by atoms with Gasteiger partial charge in [0.15, 0.2) is 5.78 Å². The van der Waals surface area contributed by atoms with Crippen LogP contribution in [0.5, 0.6) is 11.5 Å². The number of carbonyl (C=O) groups excluding carboxylic acids is 1. The number of halogens is 1. The molecule has 0 heterocycles. The molecule has 136 valence electrons. The number of benzene rings is 2. The number of nitrogens with one attached hydrogen (secondary N) is 1. The van der Waals surface area contributed by atoms with Crippen LogP contribution in [0.25, 0.3) is 6.08 Å². The molecular weight excluding hydrogens is 360 g/mol. The van der Waals surface area contributed by atoms with E-state index in [0.29, 0.717) is 22.7 Å². The molecule has 0 unspecified atom stereocenters. The molecule has 2 rings (SSSR count). The molecule has 8 heteroatoms. The molecule has 0 bridgehead atoms. The summed E-state index contributed by atoms with van der Waals surface area (Å²) < 4.78 is 10.3. The van der Waals surface area contributed by atoms with Crippen LogP contribution in [0.4, 0.5) is 11.4 Å². The minimum Gasteiger partial charge on any atom is -0.496 e. The van der Waals surface area contributed by atoms with Crippen molar-refractivity contribution in [2.24, 2.45) is 0 Å². The van der Waals surface area contributed by atoms with Gasteiger partial charge >= 0.3 is 0 Å². The minimum atomic E-state index is -0.489. The molecule has 0 saturated carbocycles. The number of carbonyl (C=O) groups is 1. The van der Waals surface area contributed by atoms with Crippen LogP contribution in [0.1, 0.15) is 15.9 Å². The molecule has 2 aromatic carbocycles. The second kappa shape index (κ2) is 8.35. The predicted molar refractivity (Wildman–Crippen MR) is 101 cm³/mol. The highest BCUT2D eigenvalue weighted by Crippen LogP contribution is 2.33. The first-order chi connectivity index (χ1) is 12.4. The summed E-state index contributed by atoms with van der Waals surface area (Å²) in [5, 5.41) is 14.1. The summed E-state index contributed by atoms with van der Waals surface area (Å²) >= 11 is 6.07. The molecule has 26 heavy (non-hydrogen) atoms. The van der Waals surface area contributed by atoms with Crippen molar-refractivity contribution in [2.45, 2.75) is 0 Å². The number of allylic oxidation sites excluding steroid dienone is 1. The second-order valence-corrected chi connectivity index (χ2v) is 5.58. The number of hydrogen-bond donors (Lipinski definition) is 1. The summed E-state index contributed by atoms with van der Waals surface area (Å²) in [6.45, 7) is 0. The van der Waals surface area contributed by atoms with Gasteiger partial charge in [-0.15, -0.1) is 0 Å². The topological polar surface area (TPSA) is 90.7 Å². The number of ether oxygens (including phenoxy) is 2. The first-order valence-electron chi connectivity index (χ1n) is 7.51. The Morgan fingerprint density at radius 1 is 1.19 bits per heavy atom. The average Bonchev–Trinajstić information content (AvgIpc) is 2.65. The lowest BCUT2D eigenvalue weighted by atomic mass is 10.1. The third kappa shape index (κ3) is 4.12. The van der Waals surface area contributed by atoms with Crippen LogP contribution in [0.2, 0.25) is 5.02 Å². The molecule has 0 aliphatic rings. The van der Waals surface area contributed by atoms with Crippen LogP contribution < -0.4 is 14.8 Å². The fourth-order valence-corrected chi connectivity index (χ4v) is 2.57. The predicted octanol–water partition coefficient (Wildman–Crippen LogP) is 4.20.